The number of rotatable bonds is 5. The second-order valence-corrected chi connectivity index (χ2v) is 7.61. The van der Waals surface area contributed by atoms with Crippen molar-refractivity contribution in [2.24, 2.45) is 0 Å². The van der Waals surface area contributed by atoms with E-state index in [1.807, 2.05) is 11.8 Å². The average molecular weight is 275 g/mol. The van der Waals surface area contributed by atoms with Crippen molar-refractivity contribution in [2.75, 3.05) is 6.54 Å². The molecule has 1 nitrogen and oxygen atoms in total. The molecule has 0 aromatic heterocycles. The second-order valence-electron chi connectivity index (χ2n) is 6.10. The molecule has 1 saturated carbocycles. The molecule has 104 valence electrons. The topological polar surface area (TPSA) is 12.0 Å². The minimum atomic E-state index is 0.667. The third kappa shape index (κ3) is 3.55. The molecule has 2 heteroatoms. The summed E-state index contributed by atoms with van der Waals surface area (Å²) in [4.78, 5) is 1.46. The van der Waals surface area contributed by atoms with Gasteiger partial charge >= 0.3 is 0 Å². The lowest BCUT2D eigenvalue weighted by Crippen LogP contribution is -2.31. The van der Waals surface area contributed by atoms with Crippen LogP contribution in [-0.2, 0) is 12.8 Å². The van der Waals surface area contributed by atoms with E-state index in [2.05, 4.69) is 30.4 Å². The molecule has 1 N–H and O–H groups in total. The quantitative estimate of drug-likeness (QED) is 0.809. The molecule has 1 aromatic rings. The number of nitrogens with one attached hydrogen (secondary N) is 1. The molecular formula is C17H25NS. The van der Waals surface area contributed by atoms with E-state index < -0.39 is 0 Å². The Hall–Kier alpha value is -0.470. The molecule has 0 heterocycles. The molecule has 1 atom stereocenters. The van der Waals surface area contributed by atoms with Gasteiger partial charge in [0.2, 0.25) is 0 Å². The van der Waals surface area contributed by atoms with E-state index in [1.165, 1.54) is 49.8 Å². The van der Waals surface area contributed by atoms with Gasteiger partial charge < -0.3 is 5.32 Å². The van der Waals surface area contributed by atoms with Crippen molar-refractivity contribution in [1.82, 2.24) is 5.32 Å². The second kappa shape index (κ2) is 6.32. The molecule has 2 aliphatic rings. The monoisotopic (exact) mass is 275 g/mol. The van der Waals surface area contributed by atoms with E-state index in [-0.39, 0.29) is 0 Å². The third-order valence-electron chi connectivity index (χ3n) is 4.46. The van der Waals surface area contributed by atoms with Crippen LogP contribution in [0.15, 0.2) is 23.1 Å². The minimum Gasteiger partial charge on any atom is -0.313 e. The zero-order chi connectivity index (χ0) is 13.1. The van der Waals surface area contributed by atoms with Crippen molar-refractivity contribution in [3.63, 3.8) is 0 Å². The van der Waals surface area contributed by atoms with Gasteiger partial charge in [0.15, 0.2) is 0 Å². The Kier molecular flexibility index (Phi) is 4.49. The van der Waals surface area contributed by atoms with Gasteiger partial charge in [0, 0.05) is 22.7 Å². The molecule has 0 radical (unpaired) electrons. The first-order valence-electron chi connectivity index (χ1n) is 7.83. The van der Waals surface area contributed by atoms with Gasteiger partial charge in [-0.3, -0.25) is 0 Å². The summed E-state index contributed by atoms with van der Waals surface area (Å²) >= 11 is 2.03. The Labute approximate surface area is 121 Å². The average Bonchev–Trinajstić information content (AvgIpc) is 3.07. The van der Waals surface area contributed by atoms with Crippen molar-refractivity contribution in [1.29, 1.82) is 0 Å². The van der Waals surface area contributed by atoms with Gasteiger partial charge in [0.25, 0.3) is 0 Å². The number of fused-ring (bicyclic) bond motifs is 1. The highest BCUT2D eigenvalue weighted by Gasteiger charge is 2.16. The summed E-state index contributed by atoms with van der Waals surface area (Å²) in [6.45, 7) is 3.49. The van der Waals surface area contributed by atoms with E-state index in [4.69, 9.17) is 0 Å². The molecular weight excluding hydrogens is 250 g/mol. The normalized spacial score (nSPS) is 20.7. The highest BCUT2D eigenvalue weighted by molar-refractivity contribution is 8.00. The van der Waals surface area contributed by atoms with Crippen LogP contribution in [0.3, 0.4) is 0 Å². The highest BCUT2D eigenvalue weighted by atomic mass is 32.2. The maximum atomic E-state index is 3.73. The number of aryl methyl sites for hydroxylation is 2. The minimum absolute atomic E-state index is 0.667. The standard InChI is InChI=1S/C17H25NS/c1-13(12-18-16-7-2-3-8-16)19-17-10-9-14-5-4-6-15(14)11-17/h9-11,13,16,18H,2-8,12H2,1H3. The summed E-state index contributed by atoms with van der Waals surface area (Å²) < 4.78 is 0. The summed E-state index contributed by atoms with van der Waals surface area (Å²) in [5.41, 5.74) is 3.18. The molecule has 1 unspecified atom stereocenters. The number of benzene rings is 1. The Balaban J connectivity index is 1.49. The van der Waals surface area contributed by atoms with E-state index >= 15 is 0 Å². The fourth-order valence-corrected chi connectivity index (χ4v) is 4.36. The van der Waals surface area contributed by atoms with Crippen molar-refractivity contribution in [3.8, 4) is 0 Å². The third-order valence-corrected chi connectivity index (χ3v) is 5.55. The molecule has 0 bridgehead atoms. The SMILES string of the molecule is CC(CNC1CCCC1)Sc1ccc2c(c1)CCC2. The summed E-state index contributed by atoms with van der Waals surface area (Å²) in [5, 5.41) is 4.40. The van der Waals surface area contributed by atoms with Gasteiger partial charge in [-0.1, -0.05) is 25.8 Å². The molecule has 0 saturated heterocycles. The lowest BCUT2D eigenvalue weighted by molar-refractivity contribution is 0.527. The first kappa shape index (κ1) is 13.5. The van der Waals surface area contributed by atoms with Gasteiger partial charge in [-0.15, -0.1) is 11.8 Å². The summed E-state index contributed by atoms with van der Waals surface area (Å²) in [7, 11) is 0. The number of thioether (sulfide) groups is 1. The molecule has 1 fully saturated rings. The Bertz CT molecular complexity index is 423. The maximum Gasteiger partial charge on any atom is 0.0191 e. The van der Waals surface area contributed by atoms with Crippen LogP contribution in [0.4, 0.5) is 0 Å². The maximum absolute atomic E-state index is 3.73. The van der Waals surface area contributed by atoms with Crippen LogP contribution in [0.25, 0.3) is 0 Å². The van der Waals surface area contributed by atoms with Crippen LogP contribution in [0.2, 0.25) is 0 Å². The van der Waals surface area contributed by atoms with Crippen molar-refractivity contribution >= 4 is 11.8 Å². The van der Waals surface area contributed by atoms with Crippen molar-refractivity contribution < 1.29 is 0 Å². The van der Waals surface area contributed by atoms with Gasteiger partial charge in [0.1, 0.15) is 0 Å². The molecule has 0 aliphatic heterocycles. The van der Waals surface area contributed by atoms with E-state index in [1.54, 1.807) is 11.1 Å². The zero-order valence-corrected chi connectivity index (χ0v) is 12.8. The molecule has 0 spiro atoms. The molecule has 3 rings (SSSR count). The lowest BCUT2D eigenvalue weighted by atomic mass is 10.1. The molecule has 0 amide bonds. The molecule has 2 aliphatic carbocycles. The highest BCUT2D eigenvalue weighted by Crippen LogP contribution is 2.29. The fraction of sp³-hybridized carbons (Fsp3) is 0.647. The molecule has 19 heavy (non-hydrogen) atoms. The fourth-order valence-electron chi connectivity index (χ4n) is 3.36. The predicted octanol–water partition coefficient (Wildman–Crippen LogP) is 4.19. The number of hydrogen-bond acceptors (Lipinski definition) is 2. The van der Waals surface area contributed by atoms with Crippen LogP contribution in [0.1, 0.15) is 50.2 Å². The largest absolute Gasteiger partial charge is 0.313 e. The first-order chi connectivity index (χ1) is 9.31. The zero-order valence-electron chi connectivity index (χ0n) is 12.0. The summed E-state index contributed by atoms with van der Waals surface area (Å²) in [6, 6.07) is 7.89. The summed E-state index contributed by atoms with van der Waals surface area (Å²) in [6.07, 6.45) is 9.54. The van der Waals surface area contributed by atoms with E-state index in [0.717, 1.165) is 12.6 Å². The number of hydrogen-bond donors (Lipinski definition) is 1. The summed E-state index contributed by atoms with van der Waals surface area (Å²) in [5.74, 6) is 0. The lowest BCUT2D eigenvalue weighted by Gasteiger charge is -2.17. The van der Waals surface area contributed by atoms with Crippen LogP contribution < -0.4 is 5.32 Å². The predicted molar refractivity (Wildman–Crippen MR) is 84.0 cm³/mol. The molecule has 1 aromatic carbocycles. The first-order valence-corrected chi connectivity index (χ1v) is 8.71. The Morgan fingerprint density at radius 2 is 1.95 bits per heavy atom. The van der Waals surface area contributed by atoms with Crippen molar-refractivity contribution in [3.05, 3.63) is 29.3 Å². The Morgan fingerprint density at radius 3 is 2.79 bits per heavy atom. The smallest absolute Gasteiger partial charge is 0.0191 e. The van der Waals surface area contributed by atoms with Crippen LogP contribution >= 0.6 is 11.8 Å². The van der Waals surface area contributed by atoms with Crippen LogP contribution in [-0.4, -0.2) is 17.8 Å². The van der Waals surface area contributed by atoms with Gasteiger partial charge in [-0.05, 0) is 55.4 Å². The van der Waals surface area contributed by atoms with Crippen molar-refractivity contribution in [2.45, 2.75) is 68.1 Å². The van der Waals surface area contributed by atoms with Gasteiger partial charge in [-0.2, -0.15) is 0 Å². The van der Waals surface area contributed by atoms with Gasteiger partial charge in [-0.25, -0.2) is 0 Å². The Morgan fingerprint density at radius 1 is 1.16 bits per heavy atom. The van der Waals surface area contributed by atoms with E-state index in [9.17, 15) is 0 Å². The van der Waals surface area contributed by atoms with Crippen LogP contribution in [0, 0.1) is 0 Å². The van der Waals surface area contributed by atoms with E-state index in [0.29, 0.717) is 5.25 Å². The van der Waals surface area contributed by atoms with Gasteiger partial charge in [0.05, 0.1) is 0 Å². The van der Waals surface area contributed by atoms with Crippen LogP contribution in [0.5, 0.6) is 0 Å².